The van der Waals surface area contributed by atoms with Gasteiger partial charge in [0.2, 0.25) is 5.91 Å². The number of carbonyl (C=O) groups is 2. The zero-order valence-corrected chi connectivity index (χ0v) is 12.9. The first kappa shape index (κ1) is 16.9. The molecule has 0 aromatic heterocycles. The van der Waals surface area contributed by atoms with E-state index in [9.17, 15) is 9.59 Å². The Labute approximate surface area is 121 Å². The fraction of sp³-hybridized carbons (Fsp3) is 0.857. The number of rotatable bonds is 7. The van der Waals surface area contributed by atoms with Gasteiger partial charge in [-0.25, -0.2) is 4.79 Å². The van der Waals surface area contributed by atoms with Gasteiger partial charge in [0.15, 0.2) is 0 Å². The Morgan fingerprint density at radius 2 is 2.15 bits per heavy atom. The molecule has 3 amide bonds. The van der Waals surface area contributed by atoms with Crippen LogP contribution in [-0.2, 0) is 4.79 Å². The lowest BCUT2D eigenvalue weighted by Gasteiger charge is -2.25. The predicted molar refractivity (Wildman–Crippen MR) is 79.5 cm³/mol. The molecule has 0 aromatic carbocycles. The average Bonchev–Trinajstić information content (AvgIpc) is 2.89. The van der Waals surface area contributed by atoms with Crippen molar-refractivity contribution in [3.63, 3.8) is 0 Å². The van der Waals surface area contributed by atoms with Crippen LogP contribution in [0.2, 0.25) is 0 Å². The summed E-state index contributed by atoms with van der Waals surface area (Å²) in [6.07, 6.45) is 1.97. The van der Waals surface area contributed by atoms with Gasteiger partial charge in [0.05, 0.1) is 6.54 Å². The highest BCUT2D eigenvalue weighted by molar-refractivity contribution is 5.95. The lowest BCUT2D eigenvalue weighted by Crippen LogP contribution is -2.47. The third-order valence-electron chi connectivity index (χ3n) is 3.56. The standard InChI is InChI=1S/C14H28N4O2/c1-4-18(12-6-7-15-9-12)10-13(19)17-14(20)16-8-5-11(2)3/h11-12,15H,4-10H2,1-3H3,(H2,16,17,19,20). The van der Waals surface area contributed by atoms with E-state index in [1.807, 2.05) is 6.92 Å². The van der Waals surface area contributed by atoms with Crippen LogP contribution in [0, 0.1) is 5.92 Å². The number of carbonyl (C=O) groups excluding carboxylic acids is 2. The minimum atomic E-state index is -0.392. The second-order valence-corrected chi connectivity index (χ2v) is 5.70. The van der Waals surface area contributed by atoms with Crippen LogP contribution in [0.3, 0.4) is 0 Å². The van der Waals surface area contributed by atoms with E-state index < -0.39 is 6.03 Å². The summed E-state index contributed by atoms with van der Waals surface area (Å²) in [4.78, 5) is 25.5. The first-order chi connectivity index (χ1) is 9.52. The molecule has 0 radical (unpaired) electrons. The van der Waals surface area contributed by atoms with Crippen molar-refractivity contribution in [1.29, 1.82) is 0 Å². The SMILES string of the molecule is CCN(CC(=O)NC(=O)NCCC(C)C)C1CCNC1. The van der Waals surface area contributed by atoms with Crippen molar-refractivity contribution in [3.05, 3.63) is 0 Å². The topological polar surface area (TPSA) is 73.5 Å². The molecule has 1 aliphatic rings. The van der Waals surface area contributed by atoms with Crippen LogP contribution < -0.4 is 16.0 Å². The predicted octanol–water partition coefficient (Wildman–Crippen LogP) is 0.542. The minimum absolute atomic E-state index is 0.235. The molecule has 0 aliphatic carbocycles. The van der Waals surface area contributed by atoms with Gasteiger partial charge in [0.1, 0.15) is 0 Å². The summed E-state index contributed by atoms with van der Waals surface area (Å²) in [6, 6.07) is 0.00556. The summed E-state index contributed by atoms with van der Waals surface area (Å²) in [5.41, 5.74) is 0. The van der Waals surface area contributed by atoms with E-state index in [0.717, 1.165) is 32.5 Å². The second-order valence-electron chi connectivity index (χ2n) is 5.70. The number of urea groups is 1. The zero-order valence-electron chi connectivity index (χ0n) is 12.9. The maximum Gasteiger partial charge on any atom is 0.321 e. The summed E-state index contributed by atoms with van der Waals surface area (Å²) >= 11 is 0. The number of hydrogen-bond acceptors (Lipinski definition) is 4. The van der Waals surface area contributed by atoms with Crippen molar-refractivity contribution in [1.82, 2.24) is 20.9 Å². The van der Waals surface area contributed by atoms with Crippen LogP contribution >= 0.6 is 0 Å². The number of amides is 3. The second kappa shape index (κ2) is 8.92. The molecule has 6 nitrogen and oxygen atoms in total. The van der Waals surface area contributed by atoms with Gasteiger partial charge in [-0.05, 0) is 31.8 Å². The van der Waals surface area contributed by atoms with E-state index in [-0.39, 0.29) is 12.5 Å². The Kier molecular flexibility index (Phi) is 7.54. The van der Waals surface area contributed by atoms with Crippen molar-refractivity contribution >= 4 is 11.9 Å². The van der Waals surface area contributed by atoms with Crippen LogP contribution in [-0.4, -0.2) is 55.6 Å². The maximum absolute atomic E-state index is 11.8. The molecule has 6 heteroatoms. The number of nitrogens with zero attached hydrogens (tertiary/aromatic N) is 1. The first-order valence-electron chi connectivity index (χ1n) is 7.55. The Hall–Kier alpha value is -1.14. The molecule has 1 atom stereocenters. The lowest BCUT2D eigenvalue weighted by atomic mass is 10.1. The van der Waals surface area contributed by atoms with Gasteiger partial charge in [-0.2, -0.15) is 0 Å². The summed E-state index contributed by atoms with van der Waals surface area (Å²) in [5, 5.41) is 8.38. The third kappa shape index (κ3) is 6.34. The highest BCUT2D eigenvalue weighted by Crippen LogP contribution is 2.07. The summed E-state index contributed by atoms with van der Waals surface area (Å²) < 4.78 is 0. The van der Waals surface area contributed by atoms with Crippen LogP contribution in [0.4, 0.5) is 4.79 Å². The van der Waals surface area contributed by atoms with E-state index in [1.54, 1.807) is 0 Å². The molecule has 0 aromatic rings. The average molecular weight is 284 g/mol. The number of likely N-dealkylation sites (N-methyl/N-ethyl adjacent to an activating group) is 1. The van der Waals surface area contributed by atoms with Gasteiger partial charge in [-0.15, -0.1) is 0 Å². The molecule has 1 aliphatic heterocycles. The van der Waals surface area contributed by atoms with Crippen molar-refractivity contribution < 1.29 is 9.59 Å². The smallest absolute Gasteiger partial charge is 0.321 e. The Bertz CT molecular complexity index is 314. The first-order valence-corrected chi connectivity index (χ1v) is 7.55. The van der Waals surface area contributed by atoms with E-state index in [0.29, 0.717) is 18.5 Å². The summed E-state index contributed by atoms with van der Waals surface area (Å²) in [7, 11) is 0. The Morgan fingerprint density at radius 3 is 2.70 bits per heavy atom. The van der Waals surface area contributed by atoms with Crippen LogP contribution in [0.25, 0.3) is 0 Å². The molecule has 116 valence electrons. The van der Waals surface area contributed by atoms with Gasteiger partial charge in [-0.3, -0.25) is 15.0 Å². The molecular weight excluding hydrogens is 256 g/mol. The molecule has 1 unspecified atom stereocenters. The van der Waals surface area contributed by atoms with Gasteiger partial charge >= 0.3 is 6.03 Å². The molecule has 0 spiro atoms. The molecule has 0 saturated carbocycles. The quantitative estimate of drug-likeness (QED) is 0.638. The summed E-state index contributed by atoms with van der Waals surface area (Å²) in [5.74, 6) is 0.303. The fourth-order valence-electron chi connectivity index (χ4n) is 2.32. The van der Waals surface area contributed by atoms with E-state index in [2.05, 4.69) is 34.7 Å². The highest BCUT2D eigenvalue weighted by Gasteiger charge is 2.23. The number of imide groups is 1. The van der Waals surface area contributed by atoms with Crippen LogP contribution in [0.15, 0.2) is 0 Å². The summed E-state index contributed by atoms with van der Waals surface area (Å²) in [6.45, 7) is 9.84. The van der Waals surface area contributed by atoms with Gasteiger partial charge in [-0.1, -0.05) is 20.8 Å². The Morgan fingerprint density at radius 1 is 1.40 bits per heavy atom. The largest absolute Gasteiger partial charge is 0.338 e. The number of nitrogens with one attached hydrogen (secondary N) is 3. The monoisotopic (exact) mass is 284 g/mol. The molecule has 0 bridgehead atoms. The molecule has 1 saturated heterocycles. The molecule has 3 N–H and O–H groups in total. The maximum atomic E-state index is 11.8. The molecule has 1 fully saturated rings. The van der Waals surface area contributed by atoms with Crippen LogP contribution in [0.5, 0.6) is 0 Å². The molecule has 1 heterocycles. The van der Waals surface area contributed by atoms with E-state index in [1.165, 1.54) is 0 Å². The number of hydrogen-bond donors (Lipinski definition) is 3. The van der Waals surface area contributed by atoms with Gasteiger partial charge in [0.25, 0.3) is 0 Å². The molecule has 1 rings (SSSR count). The normalized spacial score (nSPS) is 18.6. The molecule has 20 heavy (non-hydrogen) atoms. The van der Waals surface area contributed by atoms with Gasteiger partial charge in [0, 0.05) is 19.1 Å². The van der Waals surface area contributed by atoms with Gasteiger partial charge < -0.3 is 10.6 Å². The van der Waals surface area contributed by atoms with Crippen LogP contribution in [0.1, 0.15) is 33.6 Å². The Balaban J connectivity index is 2.25. The van der Waals surface area contributed by atoms with E-state index in [4.69, 9.17) is 0 Å². The lowest BCUT2D eigenvalue weighted by molar-refractivity contribution is -0.121. The van der Waals surface area contributed by atoms with Crippen molar-refractivity contribution in [3.8, 4) is 0 Å². The highest BCUT2D eigenvalue weighted by atomic mass is 16.2. The third-order valence-corrected chi connectivity index (χ3v) is 3.56. The zero-order chi connectivity index (χ0) is 15.0. The van der Waals surface area contributed by atoms with Crippen molar-refractivity contribution in [2.45, 2.75) is 39.7 Å². The fourth-order valence-corrected chi connectivity index (χ4v) is 2.32. The molecular formula is C14H28N4O2. The van der Waals surface area contributed by atoms with E-state index >= 15 is 0 Å². The van der Waals surface area contributed by atoms with Crippen molar-refractivity contribution in [2.24, 2.45) is 5.92 Å². The minimum Gasteiger partial charge on any atom is -0.338 e. The van der Waals surface area contributed by atoms with Crippen molar-refractivity contribution in [2.75, 3.05) is 32.7 Å².